The van der Waals surface area contributed by atoms with Gasteiger partial charge in [0.25, 0.3) is 5.91 Å². The minimum absolute atomic E-state index is 0.0721. The molecule has 0 saturated heterocycles. The van der Waals surface area contributed by atoms with E-state index in [1.807, 2.05) is 24.4 Å². The highest BCUT2D eigenvalue weighted by Crippen LogP contribution is 2.13. The fraction of sp³-hybridized carbons (Fsp3) is 0.231. The van der Waals surface area contributed by atoms with Crippen molar-refractivity contribution < 1.29 is 4.79 Å². The number of anilines is 1. The summed E-state index contributed by atoms with van der Waals surface area (Å²) in [7, 11) is 1.62. The summed E-state index contributed by atoms with van der Waals surface area (Å²) >= 11 is 1.64. The van der Waals surface area contributed by atoms with Crippen LogP contribution in [0.2, 0.25) is 0 Å². The number of aryl methyl sites for hydroxylation is 1. The number of hydrogen-bond donors (Lipinski definition) is 2. The van der Waals surface area contributed by atoms with Crippen LogP contribution in [0, 0.1) is 6.92 Å². The van der Waals surface area contributed by atoms with Crippen molar-refractivity contribution >= 4 is 22.9 Å². The number of amides is 1. The Kier molecular flexibility index (Phi) is 3.94. The van der Waals surface area contributed by atoms with E-state index in [0.29, 0.717) is 12.1 Å². The second-order valence-corrected chi connectivity index (χ2v) is 4.84. The van der Waals surface area contributed by atoms with Crippen LogP contribution < -0.4 is 10.6 Å². The van der Waals surface area contributed by atoms with Crippen molar-refractivity contribution in [3.05, 3.63) is 45.9 Å². The van der Waals surface area contributed by atoms with Gasteiger partial charge in [0.1, 0.15) is 5.01 Å². The summed E-state index contributed by atoms with van der Waals surface area (Å²) in [5.74, 6) is -0.0721. The lowest BCUT2D eigenvalue weighted by Crippen LogP contribution is -2.17. The molecule has 18 heavy (non-hydrogen) atoms. The molecule has 0 fully saturated rings. The van der Waals surface area contributed by atoms with Gasteiger partial charge in [-0.3, -0.25) is 4.79 Å². The van der Waals surface area contributed by atoms with E-state index in [-0.39, 0.29) is 5.91 Å². The second-order valence-electron chi connectivity index (χ2n) is 3.89. The quantitative estimate of drug-likeness (QED) is 0.888. The van der Waals surface area contributed by atoms with Gasteiger partial charge in [0.2, 0.25) is 0 Å². The molecule has 2 rings (SSSR count). The molecule has 0 bridgehead atoms. The van der Waals surface area contributed by atoms with Gasteiger partial charge in [0, 0.05) is 29.4 Å². The third-order valence-corrected chi connectivity index (χ3v) is 3.45. The molecule has 1 aromatic carbocycles. The predicted octanol–water partition coefficient (Wildman–Crippen LogP) is 2.42. The van der Waals surface area contributed by atoms with Crippen LogP contribution in [0.5, 0.6) is 0 Å². The van der Waals surface area contributed by atoms with Gasteiger partial charge in [-0.05, 0) is 31.2 Å². The van der Waals surface area contributed by atoms with Crippen molar-refractivity contribution in [2.45, 2.75) is 13.5 Å². The van der Waals surface area contributed by atoms with Crippen molar-refractivity contribution in [2.75, 3.05) is 12.4 Å². The predicted molar refractivity (Wildman–Crippen MR) is 74.0 cm³/mol. The number of hydrogen-bond acceptors (Lipinski definition) is 4. The summed E-state index contributed by atoms with van der Waals surface area (Å²) in [6.07, 6.45) is 0. The SMILES string of the molecule is CNC(=O)c1ccc(NCc2nc(C)cs2)cc1. The Balaban J connectivity index is 1.96. The minimum Gasteiger partial charge on any atom is -0.379 e. The van der Waals surface area contributed by atoms with E-state index < -0.39 is 0 Å². The van der Waals surface area contributed by atoms with Gasteiger partial charge in [-0.1, -0.05) is 0 Å². The normalized spacial score (nSPS) is 10.1. The molecule has 0 spiro atoms. The Hall–Kier alpha value is -1.88. The Bertz CT molecular complexity index is 533. The Morgan fingerprint density at radius 3 is 2.61 bits per heavy atom. The lowest BCUT2D eigenvalue weighted by molar-refractivity contribution is 0.0963. The molecule has 1 amide bonds. The molecule has 0 aliphatic heterocycles. The third kappa shape index (κ3) is 3.07. The Morgan fingerprint density at radius 2 is 2.06 bits per heavy atom. The van der Waals surface area contributed by atoms with E-state index in [4.69, 9.17) is 0 Å². The molecule has 2 aromatic rings. The van der Waals surface area contributed by atoms with Crippen LogP contribution in [0.3, 0.4) is 0 Å². The van der Waals surface area contributed by atoms with E-state index in [0.717, 1.165) is 16.4 Å². The van der Waals surface area contributed by atoms with Gasteiger partial charge in [0.05, 0.1) is 6.54 Å². The largest absolute Gasteiger partial charge is 0.379 e. The number of thiazole rings is 1. The van der Waals surface area contributed by atoms with Crippen LogP contribution in [0.15, 0.2) is 29.6 Å². The van der Waals surface area contributed by atoms with Gasteiger partial charge in [-0.2, -0.15) is 0 Å². The van der Waals surface area contributed by atoms with Crippen LogP contribution in [0.4, 0.5) is 5.69 Å². The monoisotopic (exact) mass is 261 g/mol. The van der Waals surface area contributed by atoms with Crippen molar-refractivity contribution in [1.82, 2.24) is 10.3 Å². The fourth-order valence-corrected chi connectivity index (χ4v) is 2.26. The van der Waals surface area contributed by atoms with E-state index >= 15 is 0 Å². The Morgan fingerprint density at radius 1 is 1.33 bits per heavy atom. The molecule has 1 aromatic heterocycles. The highest BCUT2D eigenvalue weighted by molar-refractivity contribution is 7.09. The number of carbonyl (C=O) groups excluding carboxylic acids is 1. The van der Waals surface area contributed by atoms with E-state index in [1.165, 1.54) is 0 Å². The zero-order chi connectivity index (χ0) is 13.0. The molecular weight excluding hydrogens is 246 g/mol. The first-order valence-corrected chi connectivity index (χ1v) is 6.54. The first-order valence-electron chi connectivity index (χ1n) is 5.66. The standard InChI is InChI=1S/C13H15N3OS/c1-9-8-18-12(16-9)7-15-11-5-3-10(4-6-11)13(17)14-2/h3-6,8,15H,7H2,1-2H3,(H,14,17). The topological polar surface area (TPSA) is 54.0 Å². The molecule has 0 radical (unpaired) electrons. The molecule has 0 atom stereocenters. The maximum Gasteiger partial charge on any atom is 0.251 e. The second kappa shape index (κ2) is 5.64. The van der Waals surface area contributed by atoms with Gasteiger partial charge < -0.3 is 10.6 Å². The van der Waals surface area contributed by atoms with Crippen LogP contribution in [-0.4, -0.2) is 17.9 Å². The molecule has 0 aliphatic rings. The smallest absolute Gasteiger partial charge is 0.251 e. The van der Waals surface area contributed by atoms with Crippen LogP contribution >= 0.6 is 11.3 Å². The fourth-order valence-electron chi connectivity index (χ4n) is 1.55. The molecule has 2 N–H and O–H groups in total. The number of nitrogens with one attached hydrogen (secondary N) is 2. The van der Waals surface area contributed by atoms with Crippen molar-refractivity contribution in [3.63, 3.8) is 0 Å². The lowest BCUT2D eigenvalue weighted by Gasteiger charge is -2.05. The van der Waals surface area contributed by atoms with Crippen LogP contribution in [-0.2, 0) is 6.54 Å². The zero-order valence-corrected chi connectivity index (χ0v) is 11.2. The molecule has 4 nitrogen and oxygen atoms in total. The summed E-state index contributed by atoms with van der Waals surface area (Å²) in [5, 5.41) is 8.96. The third-order valence-electron chi connectivity index (χ3n) is 2.48. The van der Waals surface area contributed by atoms with Gasteiger partial charge in [0.15, 0.2) is 0 Å². The van der Waals surface area contributed by atoms with Crippen molar-refractivity contribution in [2.24, 2.45) is 0 Å². The molecule has 0 unspecified atom stereocenters. The molecule has 1 heterocycles. The zero-order valence-electron chi connectivity index (χ0n) is 10.4. The number of rotatable bonds is 4. The highest BCUT2D eigenvalue weighted by atomic mass is 32.1. The maximum absolute atomic E-state index is 11.4. The lowest BCUT2D eigenvalue weighted by atomic mass is 10.2. The average Bonchev–Trinajstić information content (AvgIpc) is 2.82. The Labute approximate surface area is 110 Å². The summed E-state index contributed by atoms with van der Waals surface area (Å²) < 4.78 is 0. The average molecular weight is 261 g/mol. The van der Waals surface area contributed by atoms with Gasteiger partial charge in [-0.15, -0.1) is 11.3 Å². The first-order chi connectivity index (χ1) is 8.69. The first kappa shape index (κ1) is 12.6. The van der Waals surface area contributed by atoms with Crippen LogP contribution in [0.25, 0.3) is 0 Å². The highest BCUT2D eigenvalue weighted by Gasteiger charge is 2.02. The van der Waals surface area contributed by atoms with Crippen LogP contribution in [0.1, 0.15) is 21.1 Å². The number of aromatic nitrogens is 1. The summed E-state index contributed by atoms with van der Waals surface area (Å²) in [5.41, 5.74) is 2.69. The summed E-state index contributed by atoms with van der Waals surface area (Å²) in [6.45, 7) is 2.69. The summed E-state index contributed by atoms with van der Waals surface area (Å²) in [6, 6.07) is 7.39. The number of benzene rings is 1. The van der Waals surface area contributed by atoms with E-state index in [2.05, 4.69) is 15.6 Å². The molecule has 94 valence electrons. The molecule has 5 heteroatoms. The number of nitrogens with zero attached hydrogens (tertiary/aromatic N) is 1. The van der Waals surface area contributed by atoms with Crippen molar-refractivity contribution in [1.29, 1.82) is 0 Å². The van der Waals surface area contributed by atoms with Crippen molar-refractivity contribution in [3.8, 4) is 0 Å². The molecular formula is C13H15N3OS. The summed E-state index contributed by atoms with van der Waals surface area (Å²) in [4.78, 5) is 15.7. The van der Waals surface area contributed by atoms with Gasteiger partial charge in [-0.25, -0.2) is 4.98 Å². The molecule has 0 aliphatic carbocycles. The van der Waals surface area contributed by atoms with E-state index in [9.17, 15) is 4.79 Å². The van der Waals surface area contributed by atoms with E-state index in [1.54, 1.807) is 30.5 Å². The minimum atomic E-state index is -0.0721. The van der Waals surface area contributed by atoms with Gasteiger partial charge >= 0.3 is 0 Å². The number of carbonyl (C=O) groups is 1. The molecule has 0 saturated carbocycles. The maximum atomic E-state index is 11.4.